The van der Waals surface area contributed by atoms with Gasteiger partial charge >= 0.3 is 0 Å². The first-order valence-corrected chi connectivity index (χ1v) is 5.92. The normalized spacial score (nSPS) is 10.4. The van der Waals surface area contributed by atoms with Crippen molar-refractivity contribution in [2.75, 3.05) is 13.7 Å². The summed E-state index contributed by atoms with van der Waals surface area (Å²) < 4.78 is 12.2. The fraction of sp³-hybridized carbons (Fsp3) is 0.308. The fourth-order valence-electron chi connectivity index (χ4n) is 1.78. The molecule has 100 valence electrons. The first-order chi connectivity index (χ1) is 9.31. The largest absolute Gasteiger partial charge is 0.492 e. The number of para-hydroxylation sites is 2. The summed E-state index contributed by atoms with van der Waals surface area (Å²) >= 11 is 0. The summed E-state index contributed by atoms with van der Waals surface area (Å²) in [5.74, 6) is 0.685. The molecule has 0 unspecified atom stereocenters. The molecule has 1 heterocycles. The van der Waals surface area contributed by atoms with Gasteiger partial charge in [0, 0.05) is 7.11 Å². The van der Waals surface area contributed by atoms with Crippen molar-refractivity contribution in [2.24, 2.45) is 0 Å². The van der Waals surface area contributed by atoms with Crippen molar-refractivity contribution >= 4 is 6.29 Å². The summed E-state index contributed by atoms with van der Waals surface area (Å²) in [6, 6.07) is 7.45. The van der Waals surface area contributed by atoms with Crippen LogP contribution in [0, 0.1) is 0 Å². The van der Waals surface area contributed by atoms with Gasteiger partial charge in [-0.2, -0.15) is 0 Å². The van der Waals surface area contributed by atoms with Crippen molar-refractivity contribution in [1.29, 1.82) is 0 Å². The van der Waals surface area contributed by atoms with Gasteiger partial charge in [0.25, 0.3) is 0 Å². The van der Waals surface area contributed by atoms with Gasteiger partial charge in [0.1, 0.15) is 17.1 Å². The second-order valence-corrected chi connectivity index (χ2v) is 3.78. The highest BCUT2D eigenvalue weighted by atomic mass is 16.5. The van der Waals surface area contributed by atoms with Crippen molar-refractivity contribution in [3.05, 3.63) is 35.7 Å². The summed E-state index contributed by atoms with van der Waals surface area (Å²) in [5.41, 5.74) is 1.61. The lowest BCUT2D eigenvalue weighted by molar-refractivity contribution is 0.111. The quantitative estimate of drug-likeness (QED) is 0.739. The topological polar surface area (TPSA) is 66.2 Å². The number of benzene rings is 1. The maximum absolute atomic E-state index is 11.0. The lowest BCUT2D eigenvalue weighted by Gasteiger charge is -2.11. The molecular weight excluding hydrogens is 246 g/mol. The van der Waals surface area contributed by atoms with E-state index in [4.69, 9.17) is 9.47 Å². The molecular formula is C13H15N3O3. The molecule has 0 fully saturated rings. The van der Waals surface area contributed by atoms with Crippen LogP contribution in [0.5, 0.6) is 5.75 Å². The first kappa shape index (κ1) is 13.2. The molecule has 0 N–H and O–H groups in total. The van der Waals surface area contributed by atoms with E-state index in [1.807, 2.05) is 31.2 Å². The molecule has 19 heavy (non-hydrogen) atoms. The molecule has 2 rings (SSSR count). The van der Waals surface area contributed by atoms with Crippen LogP contribution in [0.1, 0.15) is 23.1 Å². The van der Waals surface area contributed by atoms with E-state index in [2.05, 4.69) is 10.3 Å². The van der Waals surface area contributed by atoms with Crippen molar-refractivity contribution in [1.82, 2.24) is 15.0 Å². The van der Waals surface area contributed by atoms with Gasteiger partial charge < -0.3 is 9.47 Å². The van der Waals surface area contributed by atoms with Crippen molar-refractivity contribution in [2.45, 2.75) is 13.5 Å². The zero-order valence-electron chi connectivity index (χ0n) is 10.9. The predicted octanol–water partition coefficient (Wildman–Crippen LogP) is 1.62. The van der Waals surface area contributed by atoms with E-state index >= 15 is 0 Å². The van der Waals surface area contributed by atoms with Crippen LogP contribution >= 0.6 is 0 Å². The molecule has 0 radical (unpaired) electrons. The Bertz CT molecular complexity index is 566. The average molecular weight is 261 g/mol. The molecule has 0 aliphatic heterocycles. The molecule has 6 heteroatoms. The van der Waals surface area contributed by atoms with E-state index in [9.17, 15) is 4.79 Å². The zero-order chi connectivity index (χ0) is 13.7. The van der Waals surface area contributed by atoms with Crippen LogP contribution in [-0.2, 0) is 11.3 Å². The molecule has 2 aromatic rings. The number of hydrogen-bond donors (Lipinski definition) is 0. The molecule has 0 saturated carbocycles. The number of hydrogen-bond acceptors (Lipinski definition) is 5. The van der Waals surface area contributed by atoms with Crippen LogP contribution in [0.25, 0.3) is 5.69 Å². The predicted molar refractivity (Wildman–Crippen MR) is 68.6 cm³/mol. The number of methoxy groups -OCH3 is 1. The van der Waals surface area contributed by atoms with Gasteiger partial charge in [-0.15, -0.1) is 5.10 Å². The summed E-state index contributed by atoms with van der Waals surface area (Å²) in [6.07, 6.45) is 0.668. The third-order valence-electron chi connectivity index (χ3n) is 2.58. The Morgan fingerprint density at radius 1 is 1.37 bits per heavy atom. The smallest absolute Gasteiger partial charge is 0.172 e. The van der Waals surface area contributed by atoms with E-state index < -0.39 is 0 Å². The van der Waals surface area contributed by atoms with Gasteiger partial charge in [0.05, 0.1) is 13.2 Å². The van der Waals surface area contributed by atoms with Crippen molar-refractivity contribution in [3.63, 3.8) is 0 Å². The van der Waals surface area contributed by atoms with Gasteiger partial charge in [-0.3, -0.25) is 4.79 Å². The Labute approximate surface area is 110 Å². The highest BCUT2D eigenvalue weighted by molar-refractivity contribution is 5.73. The molecule has 0 aliphatic carbocycles. The monoisotopic (exact) mass is 261 g/mol. The minimum absolute atomic E-state index is 0.252. The van der Waals surface area contributed by atoms with Crippen LogP contribution in [0.2, 0.25) is 0 Å². The third kappa shape index (κ3) is 2.63. The van der Waals surface area contributed by atoms with Gasteiger partial charge in [-0.25, -0.2) is 4.68 Å². The highest BCUT2D eigenvalue weighted by Crippen LogP contribution is 2.24. The molecule has 0 aliphatic rings. The van der Waals surface area contributed by atoms with E-state index in [-0.39, 0.29) is 12.3 Å². The molecule has 1 aromatic heterocycles. The molecule has 1 aromatic carbocycles. The second kappa shape index (κ2) is 6.10. The third-order valence-corrected chi connectivity index (χ3v) is 2.58. The second-order valence-electron chi connectivity index (χ2n) is 3.78. The molecule has 6 nitrogen and oxygen atoms in total. The van der Waals surface area contributed by atoms with E-state index in [1.54, 1.807) is 11.8 Å². The number of ether oxygens (including phenoxy) is 2. The highest BCUT2D eigenvalue weighted by Gasteiger charge is 2.16. The molecule has 0 bridgehead atoms. The SMILES string of the molecule is CCOc1ccccc1-n1nnc(C=O)c1COC. The minimum atomic E-state index is 0.252. The Kier molecular flexibility index (Phi) is 4.25. The minimum Gasteiger partial charge on any atom is -0.492 e. The Hall–Kier alpha value is -2.21. The first-order valence-electron chi connectivity index (χ1n) is 5.92. The fourth-order valence-corrected chi connectivity index (χ4v) is 1.78. The van der Waals surface area contributed by atoms with Gasteiger partial charge in [-0.1, -0.05) is 17.3 Å². The van der Waals surface area contributed by atoms with Crippen LogP contribution in [-0.4, -0.2) is 35.0 Å². The van der Waals surface area contributed by atoms with Crippen molar-refractivity contribution in [3.8, 4) is 11.4 Å². The van der Waals surface area contributed by atoms with Crippen LogP contribution < -0.4 is 4.74 Å². The summed E-state index contributed by atoms with van der Waals surface area (Å²) in [5, 5.41) is 7.83. The maximum Gasteiger partial charge on any atom is 0.172 e. The molecule has 0 spiro atoms. The van der Waals surface area contributed by atoms with Crippen molar-refractivity contribution < 1.29 is 14.3 Å². The molecule has 0 amide bonds. The number of nitrogens with zero attached hydrogens (tertiary/aromatic N) is 3. The number of carbonyl (C=O) groups is 1. The Morgan fingerprint density at radius 3 is 2.84 bits per heavy atom. The molecule has 0 atom stereocenters. The zero-order valence-corrected chi connectivity index (χ0v) is 10.9. The lowest BCUT2D eigenvalue weighted by Crippen LogP contribution is -2.07. The number of aromatic nitrogens is 3. The summed E-state index contributed by atoms with van der Waals surface area (Å²) in [6.45, 7) is 2.71. The van der Waals surface area contributed by atoms with Crippen LogP contribution in [0.3, 0.4) is 0 Å². The van der Waals surface area contributed by atoms with E-state index in [0.717, 1.165) is 5.69 Å². The Morgan fingerprint density at radius 2 is 2.16 bits per heavy atom. The van der Waals surface area contributed by atoms with E-state index in [1.165, 1.54) is 0 Å². The number of rotatable bonds is 6. The average Bonchev–Trinajstić information content (AvgIpc) is 2.83. The lowest BCUT2D eigenvalue weighted by atomic mass is 10.2. The van der Waals surface area contributed by atoms with E-state index in [0.29, 0.717) is 24.3 Å². The van der Waals surface area contributed by atoms with Crippen LogP contribution in [0.4, 0.5) is 0 Å². The van der Waals surface area contributed by atoms with Gasteiger partial charge in [0.2, 0.25) is 0 Å². The maximum atomic E-state index is 11.0. The Balaban J connectivity index is 2.52. The molecule has 0 saturated heterocycles. The number of carbonyl (C=O) groups excluding carboxylic acids is 1. The standard InChI is InChI=1S/C13H15N3O3/c1-3-19-13-7-5-4-6-11(13)16-12(9-18-2)10(8-17)14-15-16/h4-8H,3,9H2,1-2H3. The van der Waals surface area contributed by atoms with Gasteiger partial charge in [0.15, 0.2) is 12.0 Å². The number of aldehydes is 1. The summed E-state index contributed by atoms with van der Waals surface area (Å²) in [7, 11) is 1.56. The van der Waals surface area contributed by atoms with Gasteiger partial charge in [-0.05, 0) is 19.1 Å². The summed E-state index contributed by atoms with van der Waals surface area (Å²) in [4.78, 5) is 11.0. The van der Waals surface area contributed by atoms with Crippen LogP contribution in [0.15, 0.2) is 24.3 Å².